The summed E-state index contributed by atoms with van der Waals surface area (Å²) in [5, 5.41) is 5.41. The number of ketones is 1. The van der Waals surface area contributed by atoms with Crippen molar-refractivity contribution in [2.75, 3.05) is 24.9 Å². The molecule has 0 aliphatic carbocycles. The molecule has 2 N–H and O–H groups in total. The quantitative estimate of drug-likeness (QED) is 0.696. The summed E-state index contributed by atoms with van der Waals surface area (Å²) >= 11 is 0. The summed E-state index contributed by atoms with van der Waals surface area (Å²) in [6.45, 7) is 1.44. The number of benzene rings is 2. The molecule has 0 bridgehead atoms. The second-order valence-corrected chi connectivity index (χ2v) is 5.80. The van der Waals surface area contributed by atoms with E-state index in [1.54, 1.807) is 49.6 Å². The Hall–Kier alpha value is -3.35. The molecule has 0 fully saturated rings. The van der Waals surface area contributed by atoms with Crippen LogP contribution in [0.25, 0.3) is 0 Å². The molecule has 7 nitrogen and oxygen atoms in total. The molecule has 2 amide bonds. The first-order valence-corrected chi connectivity index (χ1v) is 8.35. The van der Waals surface area contributed by atoms with E-state index in [0.717, 1.165) is 0 Å². The lowest BCUT2D eigenvalue weighted by atomic mass is 10.1. The zero-order chi connectivity index (χ0) is 19.8. The van der Waals surface area contributed by atoms with Crippen molar-refractivity contribution in [1.82, 2.24) is 0 Å². The largest absolute Gasteiger partial charge is 0.497 e. The number of nitrogens with one attached hydrogen (secondary N) is 2. The first-order chi connectivity index (χ1) is 12.9. The molecule has 0 aliphatic heterocycles. The zero-order valence-electron chi connectivity index (χ0n) is 15.5. The highest BCUT2D eigenvalue weighted by atomic mass is 16.5. The Kier molecular flexibility index (Phi) is 6.93. The highest BCUT2D eigenvalue weighted by Gasteiger charge is 2.12. The van der Waals surface area contributed by atoms with Gasteiger partial charge in [0.05, 0.1) is 19.8 Å². The lowest BCUT2D eigenvalue weighted by molar-refractivity contribution is -0.121. The Morgan fingerprint density at radius 3 is 2.04 bits per heavy atom. The minimum absolute atomic E-state index is 0.0204. The van der Waals surface area contributed by atoms with E-state index in [1.165, 1.54) is 14.0 Å². The van der Waals surface area contributed by atoms with Crippen LogP contribution in [0, 0.1) is 0 Å². The van der Waals surface area contributed by atoms with Crippen LogP contribution < -0.4 is 20.1 Å². The van der Waals surface area contributed by atoms with Gasteiger partial charge in [-0.25, -0.2) is 0 Å². The van der Waals surface area contributed by atoms with Crippen LogP contribution in [0.2, 0.25) is 0 Å². The maximum Gasteiger partial charge on any atom is 0.224 e. The third kappa shape index (κ3) is 5.85. The van der Waals surface area contributed by atoms with Crippen molar-refractivity contribution >= 4 is 29.0 Å². The predicted octanol–water partition coefficient (Wildman–Crippen LogP) is 3.26. The normalized spacial score (nSPS) is 10.0. The van der Waals surface area contributed by atoms with Crippen LogP contribution in [-0.4, -0.2) is 31.8 Å². The third-order valence-electron chi connectivity index (χ3n) is 3.80. The van der Waals surface area contributed by atoms with Gasteiger partial charge in [-0.05, 0) is 31.2 Å². The van der Waals surface area contributed by atoms with E-state index < -0.39 is 0 Å². The van der Waals surface area contributed by atoms with Gasteiger partial charge < -0.3 is 20.1 Å². The molecular weight excluding hydrogens is 348 g/mol. The summed E-state index contributed by atoms with van der Waals surface area (Å²) in [5.41, 5.74) is 1.53. The number of ether oxygens (including phenoxy) is 2. The van der Waals surface area contributed by atoms with Crippen molar-refractivity contribution in [2.45, 2.75) is 19.8 Å². The van der Waals surface area contributed by atoms with Gasteiger partial charge in [0.2, 0.25) is 11.8 Å². The molecule has 0 saturated heterocycles. The highest BCUT2D eigenvalue weighted by molar-refractivity contribution is 5.99. The van der Waals surface area contributed by atoms with Crippen molar-refractivity contribution < 1.29 is 23.9 Å². The van der Waals surface area contributed by atoms with Gasteiger partial charge in [0.1, 0.15) is 11.5 Å². The molecule has 0 unspecified atom stereocenters. The molecule has 0 radical (unpaired) electrons. The second kappa shape index (κ2) is 9.38. The van der Waals surface area contributed by atoms with Crippen molar-refractivity contribution in [3.8, 4) is 11.5 Å². The molecule has 7 heteroatoms. The smallest absolute Gasteiger partial charge is 0.224 e. The summed E-state index contributed by atoms with van der Waals surface area (Å²) in [6, 6.07) is 11.8. The fourth-order valence-corrected chi connectivity index (χ4v) is 2.43. The molecule has 0 aliphatic rings. The topological polar surface area (TPSA) is 93.7 Å². The summed E-state index contributed by atoms with van der Waals surface area (Å²) in [5.74, 6) is 0.305. The first kappa shape index (κ1) is 20.0. The molecule has 142 valence electrons. The number of hydrogen-bond donors (Lipinski definition) is 2. The molecule has 0 heterocycles. The number of hydrogen-bond acceptors (Lipinski definition) is 5. The van der Waals surface area contributed by atoms with Crippen LogP contribution >= 0.6 is 0 Å². The first-order valence-electron chi connectivity index (χ1n) is 8.35. The number of anilines is 2. The number of rotatable bonds is 8. The van der Waals surface area contributed by atoms with Crippen LogP contribution in [0.15, 0.2) is 42.5 Å². The van der Waals surface area contributed by atoms with E-state index in [2.05, 4.69) is 10.6 Å². The van der Waals surface area contributed by atoms with E-state index in [-0.39, 0.29) is 30.4 Å². The molecular formula is C20H22N2O5. The van der Waals surface area contributed by atoms with E-state index >= 15 is 0 Å². The molecule has 0 spiro atoms. The molecule has 2 rings (SSSR count). The van der Waals surface area contributed by atoms with Gasteiger partial charge in [0.15, 0.2) is 5.78 Å². The number of carbonyl (C=O) groups excluding carboxylic acids is 3. The van der Waals surface area contributed by atoms with E-state index in [0.29, 0.717) is 28.4 Å². The lowest BCUT2D eigenvalue weighted by Gasteiger charge is -2.10. The minimum Gasteiger partial charge on any atom is -0.497 e. The molecule has 2 aromatic carbocycles. The van der Waals surface area contributed by atoms with Gasteiger partial charge >= 0.3 is 0 Å². The van der Waals surface area contributed by atoms with E-state index in [9.17, 15) is 14.4 Å². The van der Waals surface area contributed by atoms with Crippen LogP contribution in [0.3, 0.4) is 0 Å². The van der Waals surface area contributed by atoms with Crippen LogP contribution in [-0.2, 0) is 9.59 Å². The van der Waals surface area contributed by atoms with Crippen LogP contribution in [0.4, 0.5) is 11.4 Å². The summed E-state index contributed by atoms with van der Waals surface area (Å²) in [6.07, 6.45) is 0.0539. The Morgan fingerprint density at radius 2 is 1.48 bits per heavy atom. The number of carbonyl (C=O) groups is 3. The number of Topliss-reactive ketones (excluding diaryl/α,β-unsaturated/α-hetero) is 1. The van der Waals surface area contributed by atoms with Gasteiger partial charge in [-0.15, -0.1) is 0 Å². The molecule has 27 heavy (non-hydrogen) atoms. The van der Waals surface area contributed by atoms with Gasteiger partial charge in [0.25, 0.3) is 0 Å². The van der Waals surface area contributed by atoms with Crippen molar-refractivity contribution in [3.63, 3.8) is 0 Å². The Balaban J connectivity index is 1.88. The molecule has 0 saturated carbocycles. The lowest BCUT2D eigenvalue weighted by Crippen LogP contribution is -2.17. The van der Waals surface area contributed by atoms with Crippen LogP contribution in [0.5, 0.6) is 11.5 Å². The van der Waals surface area contributed by atoms with Crippen molar-refractivity contribution in [2.24, 2.45) is 0 Å². The van der Waals surface area contributed by atoms with Gasteiger partial charge in [-0.3, -0.25) is 14.4 Å². The van der Waals surface area contributed by atoms with Crippen LogP contribution in [0.1, 0.15) is 30.1 Å². The minimum atomic E-state index is -0.312. The maximum atomic E-state index is 12.1. The van der Waals surface area contributed by atoms with E-state index in [4.69, 9.17) is 9.47 Å². The Labute approximate surface area is 157 Å². The highest BCUT2D eigenvalue weighted by Crippen LogP contribution is 2.24. The summed E-state index contributed by atoms with van der Waals surface area (Å²) in [4.78, 5) is 35.6. The van der Waals surface area contributed by atoms with Crippen molar-refractivity contribution in [3.05, 3.63) is 48.0 Å². The second-order valence-electron chi connectivity index (χ2n) is 5.80. The van der Waals surface area contributed by atoms with Gasteiger partial charge in [-0.1, -0.05) is 6.07 Å². The van der Waals surface area contributed by atoms with E-state index in [1.807, 2.05) is 0 Å². The average Bonchev–Trinajstić information content (AvgIpc) is 2.66. The molecule has 2 aromatic rings. The average molecular weight is 370 g/mol. The monoisotopic (exact) mass is 370 g/mol. The van der Waals surface area contributed by atoms with Gasteiger partial charge in [0, 0.05) is 36.3 Å². The fraction of sp³-hybridized carbons (Fsp3) is 0.250. The van der Waals surface area contributed by atoms with Gasteiger partial charge in [-0.2, -0.15) is 0 Å². The standard InChI is InChI=1S/C20H22N2O5/c1-13(23)17-8-7-15(12-18(17)27-3)22-20(25)10-9-19(24)21-14-5-4-6-16(11-14)26-2/h4-8,11-12H,9-10H2,1-3H3,(H,21,24)(H,22,25). The van der Waals surface area contributed by atoms with Crippen molar-refractivity contribution in [1.29, 1.82) is 0 Å². The fourth-order valence-electron chi connectivity index (χ4n) is 2.43. The summed E-state index contributed by atoms with van der Waals surface area (Å²) < 4.78 is 10.3. The number of amides is 2. The molecule has 0 atom stereocenters. The Bertz CT molecular complexity index is 848. The Morgan fingerprint density at radius 1 is 0.852 bits per heavy atom. The predicted molar refractivity (Wildman–Crippen MR) is 102 cm³/mol. The SMILES string of the molecule is COc1cccc(NC(=O)CCC(=O)Nc2ccc(C(C)=O)c(OC)c2)c1. The summed E-state index contributed by atoms with van der Waals surface area (Å²) in [7, 11) is 3.00. The zero-order valence-corrected chi connectivity index (χ0v) is 15.5. The third-order valence-corrected chi connectivity index (χ3v) is 3.80. The number of methoxy groups -OCH3 is 2. The maximum absolute atomic E-state index is 12.1. The molecule has 0 aromatic heterocycles.